The van der Waals surface area contributed by atoms with Gasteiger partial charge in [0.2, 0.25) is 5.88 Å². The van der Waals surface area contributed by atoms with E-state index in [1.165, 1.54) is 0 Å². The Bertz CT molecular complexity index is 1140. The van der Waals surface area contributed by atoms with Crippen molar-refractivity contribution in [1.29, 1.82) is 0 Å². The van der Waals surface area contributed by atoms with Crippen molar-refractivity contribution in [3.05, 3.63) is 48.5 Å². The number of thiazole rings is 1. The molecule has 1 radical (unpaired) electrons. The highest BCUT2D eigenvalue weighted by molar-refractivity contribution is 7.21. The van der Waals surface area contributed by atoms with Crippen LogP contribution >= 0.6 is 11.3 Å². The molecule has 2 heterocycles. The topological polar surface area (TPSA) is 77.4 Å². The number of benzene rings is 2. The second-order valence-electron chi connectivity index (χ2n) is 6.04. The Morgan fingerprint density at radius 1 is 1.15 bits per heavy atom. The molecule has 0 aliphatic heterocycles. The van der Waals surface area contributed by atoms with Crippen LogP contribution in [0, 0.1) is 13.8 Å². The monoisotopic (exact) mass is 380 g/mol. The molecule has 7 heteroatoms. The third-order valence-electron chi connectivity index (χ3n) is 4.23. The van der Waals surface area contributed by atoms with Crippen molar-refractivity contribution >= 4 is 32.6 Å². The van der Waals surface area contributed by atoms with Gasteiger partial charge in [0.15, 0.2) is 0 Å². The number of hydrogen-bond acceptors (Lipinski definition) is 7. The van der Waals surface area contributed by atoms with Gasteiger partial charge in [-0.05, 0) is 49.2 Å². The summed E-state index contributed by atoms with van der Waals surface area (Å²) in [4.78, 5) is 13.8. The molecule has 0 aliphatic carbocycles. The normalized spacial score (nSPS) is 11.3. The zero-order valence-electron chi connectivity index (χ0n) is 15.0. The first-order valence-electron chi connectivity index (χ1n) is 8.41. The van der Waals surface area contributed by atoms with Crippen molar-refractivity contribution < 1.29 is 14.6 Å². The molecule has 6 nitrogen and oxygen atoms in total. The highest BCUT2D eigenvalue weighted by atomic mass is 32.1. The quantitative estimate of drug-likeness (QED) is 0.565. The standard InChI is InChI=1S/C20H18N3O3S/c1-4-26-13-5-11(2)18-16(8-13)27-20(23-18)14-6-12(10-24)7-15-19(14)21-9-17(22-15)25-3/h5-9,24H,1,4,10H2,2-3H3. The van der Waals surface area contributed by atoms with E-state index < -0.39 is 0 Å². The van der Waals surface area contributed by atoms with Crippen LogP contribution in [-0.2, 0) is 6.61 Å². The van der Waals surface area contributed by atoms with E-state index in [1.807, 2.05) is 31.2 Å². The molecule has 4 aromatic rings. The summed E-state index contributed by atoms with van der Waals surface area (Å²) in [7, 11) is 1.55. The zero-order chi connectivity index (χ0) is 19.0. The smallest absolute Gasteiger partial charge is 0.232 e. The van der Waals surface area contributed by atoms with Gasteiger partial charge >= 0.3 is 0 Å². The van der Waals surface area contributed by atoms with Crippen molar-refractivity contribution in [2.45, 2.75) is 13.5 Å². The van der Waals surface area contributed by atoms with E-state index in [0.29, 0.717) is 18.0 Å². The molecule has 2 aromatic heterocycles. The van der Waals surface area contributed by atoms with Crippen molar-refractivity contribution in [2.75, 3.05) is 13.7 Å². The van der Waals surface area contributed by atoms with Gasteiger partial charge in [-0.1, -0.05) is 0 Å². The van der Waals surface area contributed by atoms with Crippen LogP contribution in [0.3, 0.4) is 0 Å². The lowest BCUT2D eigenvalue weighted by molar-refractivity contribution is 0.282. The molecular formula is C20H18N3O3S. The molecule has 0 atom stereocenters. The highest BCUT2D eigenvalue weighted by Crippen LogP contribution is 2.37. The van der Waals surface area contributed by atoms with Crippen LogP contribution in [0.15, 0.2) is 30.5 Å². The second-order valence-corrected chi connectivity index (χ2v) is 7.07. The maximum absolute atomic E-state index is 9.66. The second kappa shape index (κ2) is 7.09. The van der Waals surface area contributed by atoms with Gasteiger partial charge in [-0.3, -0.25) is 0 Å². The van der Waals surface area contributed by atoms with Crippen LogP contribution in [0.4, 0.5) is 0 Å². The average Bonchev–Trinajstić information content (AvgIpc) is 3.11. The summed E-state index contributed by atoms with van der Waals surface area (Å²) in [6, 6.07) is 7.66. The van der Waals surface area contributed by atoms with Gasteiger partial charge in [0.25, 0.3) is 0 Å². The zero-order valence-corrected chi connectivity index (χ0v) is 15.8. The predicted octanol–water partition coefficient (Wildman–Crippen LogP) is 3.93. The lowest BCUT2D eigenvalue weighted by Gasteiger charge is -2.07. The molecule has 4 rings (SSSR count). The largest absolute Gasteiger partial charge is 0.494 e. The average molecular weight is 380 g/mol. The van der Waals surface area contributed by atoms with Gasteiger partial charge in [0, 0.05) is 5.56 Å². The Morgan fingerprint density at radius 2 is 2.00 bits per heavy atom. The van der Waals surface area contributed by atoms with Crippen molar-refractivity contribution in [3.8, 4) is 22.2 Å². The summed E-state index contributed by atoms with van der Waals surface area (Å²) in [5, 5.41) is 10.5. The number of ether oxygens (including phenoxy) is 2. The summed E-state index contributed by atoms with van der Waals surface area (Å²) in [5.41, 5.74) is 4.93. The first kappa shape index (κ1) is 17.6. The number of hydrogen-bond donors (Lipinski definition) is 1. The first-order valence-corrected chi connectivity index (χ1v) is 9.22. The third kappa shape index (κ3) is 3.20. The Hall–Kier alpha value is -2.77. The fourth-order valence-electron chi connectivity index (χ4n) is 3.00. The maximum atomic E-state index is 9.66. The lowest BCUT2D eigenvalue weighted by atomic mass is 10.1. The van der Waals surface area contributed by atoms with E-state index >= 15 is 0 Å². The number of aromatic nitrogens is 3. The predicted molar refractivity (Wildman–Crippen MR) is 106 cm³/mol. The Labute approximate surface area is 160 Å². The number of methoxy groups -OCH3 is 1. The molecule has 27 heavy (non-hydrogen) atoms. The van der Waals surface area contributed by atoms with Gasteiger partial charge < -0.3 is 14.6 Å². The van der Waals surface area contributed by atoms with Crippen LogP contribution in [0.2, 0.25) is 0 Å². The summed E-state index contributed by atoms with van der Waals surface area (Å²) < 4.78 is 11.7. The van der Waals surface area contributed by atoms with E-state index in [2.05, 4.69) is 16.9 Å². The molecule has 0 bridgehead atoms. The molecule has 0 spiro atoms. The number of aliphatic hydroxyl groups is 1. The number of aryl methyl sites for hydroxylation is 1. The number of rotatable bonds is 5. The van der Waals surface area contributed by atoms with Gasteiger partial charge in [0.1, 0.15) is 10.8 Å². The van der Waals surface area contributed by atoms with Gasteiger partial charge in [0.05, 0.1) is 47.8 Å². The number of aliphatic hydroxyl groups excluding tert-OH is 1. The molecule has 0 saturated heterocycles. The summed E-state index contributed by atoms with van der Waals surface area (Å²) in [6.07, 6.45) is 1.59. The Balaban J connectivity index is 1.94. The molecule has 0 aliphatic rings. The Kier molecular flexibility index (Phi) is 4.63. The number of nitrogens with zero attached hydrogens (tertiary/aromatic N) is 3. The summed E-state index contributed by atoms with van der Waals surface area (Å²) >= 11 is 1.56. The SMILES string of the molecule is [CH2]COc1cc(C)c2nc(-c3cc(CO)cc4nc(OC)cnc34)sc2c1. The van der Waals surface area contributed by atoms with Gasteiger partial charge in [-0.15, -0.1) is 11.3 Å². The molecule has 2 aromatic carbocycles. The van der Waals surface area contributed by atoms with Crippen LogP contribution < -0.4 is 9.47 Å². The molecule has 0 unspecified atom stereocenters. The van der Waals surface area contributed by atoms with Crippen LogP contribution in [0.25, 0.3) is 31.8 Å². The Morgan fingerprint density at radius 3 is 2.74 bits per heavy atom. The fourth-order valence-corrected chi connectivity index (χ4v) is 4.09. The highest BCUT2D eigenvalue weighted by Gasteiger charge is 2.15. The van der Waals surface area contributed by atoms with Crippen LogP contribution in [0.5, 0.6) is 11.6 Å². The lowest BCUT2D eigenvalue weighted by Crippen LogP contribution is -1.95. The van der Waals surface area contributed by atoms with E-state index in [4.69, 9.17) is 14.5 Å². The molecule has 0 saturated carbocycles. The fraction of sp³-hybridized carbons (Fsp3) is 0.200. The van der Waals surface area contributed by atoms with Crippen molar-refractivity contribution in [1.82, 2.24) is 15.0 Å². The molecule has 1 N–H and O–H groups in total. The van der Waals surface area contributed by atoms with Gasteiger partial charge in [-0.2, -0.15) is 0 Å². The van der Waals surface area contributed by atoms with Crippen LogP contribution in [0.1, 0.15) is 11.1 Å². The van der Waals surface area contributed by atoms with Crippen molar-refractivity contribution in [2.24, 2.45) is 0 Å². The van der Waals surface area contributed by atoms with Crippen LogP contribution in [-0.4, -0.2) is 33.8 Å². The first-order chi connectivity index (χ1) is 13.1. The number of fused-ring (bicyclic) bond motifs is 2. The summed E-state index contributed by atoms with van der Waals surface area (Å²) in [5.74, 6) is 1.21. The molecule has 0 fully saturated rings. The van der Waals surface area contributed by atoms with E-state index in [0.717, 1.165) is 43.2 Å². The third-order valence-corrected chi connectivity index (χ3v) is 5.27. The van der Waals surface area contributed by atoms with E-state index in [9.17, 15) is 5.11 Å². The van der Waals surface area contributed by atoms with E-state index in [1.54, 1.807) is 24.6 Å². The maximum Gasteiger partial charge on any atom is 0.232 e. The minimum absolute atomic E-state index is 0.0900. The minimum Gasteiger partial charge on any atom is -0.494 e. The minimum atomic E-state index is -0.0900. The van der Waals surface area contributed by atoms with E-state index in [-0.39, 0.29) is 6.61 Å². The molecular weight excluding hydrogens is 362 g/mol. The molecule has 137 valence electrons. The summed E-state index contributed by atoms with van der Waals surface area (Å²) in [6.45, 7) is 6.02. The van der Waals surface area contributed by atoms with Gasteiger partial charge in [-0.25, -0.2) is 15.0 Å². The molecule has 0 amide bonds. The van der Waals surface area contributed by atoms with Crippen molar-refractivity contribution in [3.63, 3.8) is 0 Å².